The summed E-state index contributed by atoms with van der Waals surface area (Å²) < 4.78 is 62.6. The van der Waals surface area contributed by atoms with Crippen molar-refractivity contribution in [3.05, 3.63) is 71.9 Å². The first kappa shape index (κ1) is 21.2. The Morgan fingerprint density at radius 1 is 1.03 bits per heavy atom. The molecule has 0 aliphatic rings. The van der Waals surface area contributed by atoms with Gasteiger partial charge in [0.2, 0.25) is 15.9 Å². The van der Waals surface area contributed by atoms with Crippen LogP contribution < -0.4 is 14.2 Å². The summed E-state index contributed by atoms with van der Waals surface area (Å²) in [5.41, 5.74) is 0.728. The molecule has 0 unspecified atom stereocenters. The Bertz CT molecular complexity index is 1200. The monoisotopic (exact) mass is 434 g/mol. The van der Waals surface area contributed by atoms with E-state index in [0.29, 0.717) is 17.2 Å². The highest BCUT2D eigenvalue weighted by Gasteiger charge is 2.18. The molecule has 1 aromatic heterocycles. The molecule has 1 amide bonds. The standard InChI is InChI=1S/C20H16F2N2O5S/c1-28-20-16(4-3-7-23-20)17-8-12(19(25)24-30(2,26)27)5-6-18(17)29-15-10-13(21)9-14(22)11-15/h3-11H,1-2H3,(H,24,25). The number of benzene rings is 2. The van der Waals surface area contributed by atoms with Crippen LogP contribution in [0.25, 0.3) is 11.1 Å². The highest BCUT2D eigenvalue weighted by atomic mass is 32.2. The smallest absolute Gasteiger partial charge is 0.264 e. The molecule has 0 aliphatic carbocycles. The predicted molar refractivity (Wildman–Crippen MR) is 105 cm³/mol. The van der Waals surface area contributed by atoms with Gasteiger partial charge in [-0.15, -0.1) is 0 Å². The first-order valence-corrected chi connectivity index (χ1v) is 10.3. The van der Waals surface area contributed by atoms with Crippen LogP contribution >= 0.6 is 0 Å². The minimum absolute atomic E-state index is 0.0131. The number of halogens is 2. The fourth-order valence-corrected chi connectivity index (χ4v) is 3.13. The van der Waals surface area contributed by atoms with Crippen LogP contribution in [0.2, 0.25) is 0 Å². The highest BCUT2D eigenvalue weighted by Crippen LogP contribution is 2.38. The topological polar surface area (TPSA) is 94.6 Å². The number of ether oxygens (including phenoxy) is 2. The van der Waals surface area contributed by atoms with Gasteiger partial charge in [-0.05, 0) is 30.3 Å². The van der Waals surface area contributed by atoms with Gasteiger partial charge in [0, 0.05) is 41.1 Å². The molecular formula is C20H16F2N2O5S. The molecule has 0 atom stereocenters. The van der Waals surface area contributed by atoms with Crippen molar-refractivity contribution in [1.82, 2.24) is 9.71 Å². The predicted octanol–water partition coefficient (Wildman–Crippen LogP) is 3.52. The van der Waals surface area contributed by atoms with E-state index in [0.717, 1.165) is 18.4 Å². The second kappa shape index (κ2) is 8.46. The third kappa shape index (κ3) is 5.09. The quantitative estimate of drug-likeness (QED) is 0.638. The van der Waals surface area contributed by atoms with Crippen molar-refractivity contribution < 1.29 is 31.5 Å². The Labute approximate surface area is 171 Å². The maximum atomic E-state index is 13.5. The molecule has 0 radical (unpaired) electrons. The molecule has 0 saturated carbocycles. The zero-order valence-electron chi connectivity index (χ0n) is 15.8. The summed E-state index contributed by atoms with van der Waals surface area (Å²) in [5.74, 6) is -2.27. The second-order valence-corrected chi connectivity index (χ2v) is 7.93. The second-order valence-electron chi connectivity index (χ2n) is 6.18. The average Bonchev–Trinajstić information content (AvgIpc) is 2.66. The number of nitrogens with zero attached hydrogens (tertiary/aromatic N) is 1. The first-order valence-electron chi connectivity index (χ1n) is 8.46. The number of sulfonamides is 1. The molecule has 156 valence electrons. The van der Waals surface area contributed by atoms with Crippen LogP contribution in [0.4, 0.5) is 8.78 Å². The number of aromatic nitrogens is 1. The molecular weight excluding hydrogens is 418 g/mol. The summed E-state index contributed by atoms with van der Waals surface area (Å²) in [6.45, 7) is 0. The minimum Gasteiger partial charge on any atom is -0.481 e. The number of amides is 1. The molecule has 3 aromatic rings. The van der Waals surface area contributed by atoms with Crippen molar-refractivity contribution in [2.75, 3.05) is 13.4 Å². The van der Waals surface area contributed by atoms with Crippen molar-refractivity contribution in [2.45, 2.75) is 0 Å². The molecule has 1 N–H and O–H groups in total. The molecule has 3 rings (SSSR count). The van der Waals surface area contributed by atoms with Gasteiger partial charge < -0.3 is 9.47 Å². The molecule has 7 nitrogen and oxygen atoms in total. The average molecular weight is 434 g/mol. The van der Waals surface area contributed by atoms with Crippen molar-refractivity contribution in [2.24, 2.45) is 0 Å². The zero-order chi connectivity index (χ0) is 21.9. The maximum Gasteiger partial charge on any atom is 0.264 e. The SMILES string of the molecule is COc1ncccc1-c1cc(C(=O)NS(C)(=O)=O)ccc1Oc1cc(F)cc(F)c1. The van der Waals surface area contributed by atoms with E-state index in [-0.39, 0.29) is 22.9 Å². The third-order valence-electron chi connectivity index (χ3n) is 3.84. The lowest BCUT2D eigenvalue weighted by Crippen LogP contribution is -2.29. The van der Waals surface area contributed by atoms with E-state index in [9.17, 15) is 22.0 Å². The van der Waals surface area contributed by atoms with Crippen molar-refractivity contribution in [3.63, 3.8) is 0 Å². The molecule has 0 spiro atoms. The van der Waals surface area contributed by atoms with Crippen LogP contribution in [-0.4, -0.2) is 32.7 Å². The molecule has 0 bridgehead atoms. The summed E-state index contributed by atoms with van der Waals surface area (Å²) >= 11 is 0. The van der Waals surface area contributed by atoms with Gasteiger partial charge in [-0.3, -0.25) is 4.79 Å². The first-order chi connectivity index (χ1) is 14.2. The molecule has 30 heavy (non-hydrogen) atoms. The largest absolute Gasteiger partial charge is 0.481 e. The summed E-state index contributed by atoms with van der Waals surface area (Å²) in [7, 11) is -2.38. The third-order valence-corrected chi connectivity index (χ3v) is 4.39. The number of carbonyl (C=O) groups excluding carboxylic acids is 1. The lowest BCUT2D eigenvalue weighted by Gasteiger charge is -2.15. The maximum absolute atomic E-state index is 13.5. The Kier molecular flexibility index (Phi) is 5.97. The van der Waals surface area contributed by atoms with Gasteiger partial charge in [-0.2, -0.15) is 0 Å². The van der Waals surface area contributed by atoms with E-state index >= 15 is 0 Å². The van der Waals surface area contributed by atoms with Gasteiger partial charge in [-0.1, -0.05) is 0 Å². The molecule has 0 saturated heterocycles. The van der Waals surface area contributed by atoms with Crippen LogP contribution in [0.1, 0.15) is 10.4 Å². The molecule has 0 fully saturated rings. The lowest BCUT2D eigenvalue weighted by molar-refractivity contribution is 0.0981. The van der Waals surface area contributed by atoms with E-state index in [1.165, 1.54) is 31.5 Å². The number of carbonyl (C=O) groups is 1. The number of rotatable bonds is 6. The van der Waals surface area contributed by atoms with Gasteiger partial charge >= 0.3 is 0 Å². The zero-order valence-corrected chi connectivity index (χ0v) is 16.7. The molecule has 2 aromatic carbocycles. The molecule has 1 heterocycles. The van der Waals surface area contributed by atoms with Crippen LogP contribution in [-0.2, 0) is 10.0 Å². The van der Waals surface area contributed by atoms with Crippen LogP contribution in [0.5, 0.6) is 17.4 Å². The fraction of sp³-hybridized carbons (Fsp3) is 0.100. The number of nitrogens with one attached hydrogen (secondary N) is 1. The molecule has 0 aliphatic heterocycles. The van der Waals surface area contributed by atoms with E-state index in [1.54, 1.807) is 12.1 Å². The summed E-state index contributed by atoms with van der Waals surface area (Å²) in [4.78, 5) is 16.4. The Morgan fingerprint density at radius 3 is 2.37 bits per heavy atom. The van der Waals surface area contributed by atoms with E-state index in [1.807, 2.05) is 4.72 Å². The normalized spacial score (nSPS) is 11.1. The number of pyridine rings is 1. The summed E-state index contributed by atoms with van der Waals surface area (Å²) in [6, 6.07) is 10.0. The van der Waals surface area contributed by atoms with Gasteiger partial charge in [0.1, 0.15) is 23.1 Å². The van der Waals surface area contributed by atoms with Crippen molar-refractivity contribution >= 4 is 15.9 Å². The molecule has 10 heteroatoms. The van der Waals surface area contributed by atoms with Gasteiger partial charge in [0.15, 0.2) is 0 Å². The van der Waals surface area contributed by atoms with Gasteiger partial charge in [-0.25, -0.2) is 26.9 Å². The lowest BCUT2D eigenvalue weighted by atomic mass is 10.0. The number of hydrogen-bond donors (Lipinski definition) is 1. The van der Waals surface area contributed by atoms with E-state index < -0.39 is 27.6 Å². The van der Waals surface area contributed by atoms with Crippen LogP contribution in [0.15, 0.2) is 54.7 Å². The Hall–Kier alpha value is -3.53. The summed E-state index contributed by atoms with van der Waals surface area (Å²) in [6.07, 6.45) is 2.34. The minimum atomic E-state index is -3.78. The Balaban J connectivity index is 2.12. The van der Waals surface area contributed by atoms with Gasteiger partial charge in [0.05, 0.1) is 13.4 Å². The van der Waals surface area contributed by atoms with Gasteiger partial charge in [0.25, 0.3) is 5.91 Å². The number of hydrogen-bond acceptors (Lipinski definition) is 6. The van der Waals surface area contributed by atoms with Crippen molar-refractivity contribution in [1.29, 1.82) is 0 Å². The summed E-state index contributed by atoms with van der Waals surface area (Å²) in [5, 5.41) is 0. The van der Waals surface area contributed by atoms with Crippen LogP contribution in [0.3, 0.4) is 0 Å². The fourth-order valence-electron chi connectivity index (χ4n) is 2.67. The number of methoxy groups -OCH3 is 1. The highest BCUT2D eigenvalue weighted by molar-refractivity contribution is 7.89. The van der Waals surface area contributed by atoms with E-state index in [4.69, 9.17) is 9.47 Å². The van der Waals surface area contributed by atoms with E-state index in [2.05, 4.69) is 4.98 Å². The van der Waals surface area contributed by atoms with Crippen molar-refractivity contribution in [3.8, 4) is 28.5 Å². The van der Waals surface area contributed by atoms with Crippen LogP contribution in [0, 0.1) is 11.6 Å². The Morgan fingerprint density at radius 2 is 1.73 bits per heavy atom.